The largest absolute Gasteiger partial charge is 0.313 e. The van der Waals surface area contributed by atoms with Crippen LogP contribution in [0.3, 0.4) is 0 Å². The highest BCUT2D eigenvalue weighted by Crippen LogP contribution is 2.24. The Morgan fingerprint density at radius 2 is 2.44 bits per heavy atom. The SMILES string of the molecule is CNC(Cc1ncnn1C)c1csc(I)c1. The minimum absolute atomic E-state index is 0.308. The fourth-order valence-electron chi connectivity index (χ4n) is 1.58. The first-order valence-electron chi connectivity index (χ1n) is 4.94. The van der Waals surface area contributed by atoms with Crippen LogP contribution in [0.1, 0.15) is 17.4 Å². The van der Waals surface area contributed by atoms with Crippen molar-refractivity contribution in [2.75, 3.05) is 7.05 Å². The van der Waals surface area contributed by atoms with Crippen molar-refractivity contribution in [3.8, 4) is 0 Å². The maximum Gasteiger partial charge on any atom is 0.138 e. The van der Waals surface area contributed by atoms with Crippen LogP contribution in [-0.4, -0.2) is 21.8 Å². The average Bonchev–Trinajstić information content (AvgIpc) is 2.85. The molecule has 2 rings (SSSR count). The van der Waals surface area contributed by atoms with E-state index in [1.54, 1.807) is 17.7 Å². The fourth-order valence-corrected chi connectivity index (χ4v) is 3.01. The summed E-state index contributed by atoms with van der Waals surface area (Å²) in [5, 5.41) is 9.59. The third-order valence-electron chi connectivity index (χ3n) is 2.53. The van der Waals surface area contributed by atoms with Gasteiger partial charge < -0.3 is 5.32 Å². The lowest BCUT2D eigenvalue weighted by atomic mass is 10.1. The lowest BCUT2D eigenvalue weighted by Crippen LogP contribution is -2.20. The number of halogens is 1. The van der Waals surface area contributed by atoms with Gasteiger partial charge in [-0.2, -0.15) is 5.10 Å². The number of hydrogen-bond acceptors (Lipinski definition) is 4. The molecule has 0 aliphatic rings. The topological polar surface area (TPSA) is 42.7 Å². The minimum atomic E-state index is 0.308. The Hall–Kier alpha value is -0.470. The van der Waals surface area contributed by atoms with Crippen molar-refractivity contribution in [2.24, 2.45) is 7.05 Å². The number of aromatic nitrogens is 3. The first-order chi connectivity index (χ1) is 7.70. The molecule has 2 aromatic heterocycles. The second-order valence-electron chi connectivity index (χ2n) is 3.53. The van der Waals surface area contributed by atoms with Crippen molar-refractivity contribution >= 4 is 33.9 Å². The van der Waals surface area contributed by atoms with Gasteiger partial charge in [-0.25, -0.2) is 4.98 Å². The van der Waals surface area contributed by atoms with Crippen molar-refractivity contribution < 1.29 is 0 Å². The molecule has 0 saturated heterocycles. The zero-order valence-electron chi connectivity index (χ0n) is 9.14. The van der Waals surface area contributed by atoms with Gasteiger partial charge in [0.05, 0.1) is 2.88 Å². The van der Waals surface area contributed by atoms with Crippen LogP contribution >= 0.6 is 33.9 Å². The molecule has 0 fully saturated rings. The number of aryl methyl sites for hydroxylation is 1. The Balaban J connectivity index is 2.15. The second kappa shape index (κ2) is 5.24. The van der Waals surface area contributed by atoms with E-state index in [4.69, 9.17) is 0 Å². The summed E-state index contributed by atoms with van der Waals surface area (Å²) in [6.45, 7) is 0. The molecule has 0 radical (unpaired) electrons. The average molecular weight is 348 g/mol. The van der Waals surface area contributed by atoms with Crippen molar-refractivity contribution in [2.45, 2.75) is 12.5 Å². The van der Waals surface area contributed by atoms with Crippen molar-refractivity contribution in [3.05, 3.63) is 32.0 Å². The predicted molar refractivity (Wildman–Crippen MR) is 73.5 cm³/mol. The molecular weight excluding hydrogens is 335 g/mol. The van der Waals surface area contributed by atoms with Crippen molar-refractivity contribution in [1.82, 2.24) is 20.1 Å². The van der Waals surface area contributed by atoms with Crippen LogP contribution in [-0.2, 0) is 13.5 Å². The second-order valence-corrected chi connectivity index (χ2v) is 6.33. The molecular formula is C10H13IN4S. The first-order valence-corrected chi connectivity index (χ1v) is 6.90. The van der Waals surface area contributed by atoms with Gasteiger partial charge in [0, 0.05) is 19.5 Å². The van der Waals surface area contributed by atoms with Gasteiger partial charge in [0.25, 0.3) is 0 Å². The van der Waals surface area contributed by atoms with Gasteiger partial charge in [-0.15, -0.1) is 11.3 Å². The zero-order valence-corrected chi connectivity index (χ0v) is 12.1. The van der Waals surface area contributed by atoms with E-state index in [1.165, 1.54) is 8.45 Å². The van der Waals surface area contributed by atoms with Gasteiger partial charge in [-0.3, -0.25) is 4.68 Å². The van der Waals surface area contributed by atoms with Gasteiger partial charge in [-0.1, -0.05) is 0 Å². The molecule has 2 heterocycles. The van der Waals surface area contributed by atoms with Crippen LogP contribution in [0.15, 0.2) is 17.8 Å². The number of rotatable bonds is 4. The number of nitrogens with one attached hydrogen (secondary N) is 1. The normalized spacial score (nSPS) is 12.9. The van der Waals surface area contributed by atoms with Crippen LogP contribution < -0.4 is 5.32 Å². The maximum absolute atomic E-state index is 4.25. The predicted octanol–water partition coefficient (Wildman–Crippen LogP) is 1.98. The Morgan fingerprint density at radius 1 is 1.62 bits per heavy atom. The number of hydrogen-bond donors (Lipinski definition) is 1. The Bertz CT molecular complexity index is 465. The van der Waals surface area contributed by atoms with Gasteiger partial charge >= 0.3 is 0 Å². The minimum Gasteiger partial charge on any atom is -0.313 e. The summed E-state index contributed by atoms with van der Waals surface area (Å²) in [5.41, 5.74) is 1.32. The third kappa shape index (κ3) is 2.61. The van der Waals surface area contributed by atoms with E-state index in [9.17, 15) is 0 Å². The van der Waals surface area contributed by atoms with Gasteiger partial charge in [0.2, 0.25) is 0 Å². The summed E-state index contributed by atoms with van der Waals surface area (Å²) < 4.78 is 3.13. The molecule has 0 aromatic carbocycles. The molecule has 86 valence electrons. The summed E-state index contributed by atoms with van der Waals surface area (Å²) in [6, 6.07) is 2.52. The molecule has 0 aliphatic heterocycles. The van der Waals surface area contributed by atoms with E-state index >= 15 is 0 Å². The lowest BCUT2D eigenvalue weighted by Gasteiger charge is -2.13. The summed E-state index contributed by atoms with van der Waals surface area (Å²) in [6.07, 6.45) is 2.46. The molecule has 6 heteroatoms. The van der Waals surface area contributed by atoms with Gasteiger partial charge in [-0.05, 0) is 46.6 Å². The summed E-state index contributed by atoms with van der Waals surface area (Å²) in [4.78, 5) is 4.25. The molecule has 1 unspecified atom stereocenters. The molecule has 0 spiro atoms. The molecule has 0 bridgehead atoms. The number of likely N-dealkylation sites (N-methyl/N-ethyl adjacent to an activating group) is 1. The molecule has 4 nitrogen and oxygen atoms in total. The molecule has 1 N–H and O–H groups in total. The molecule has 0 aliphatic carbocycles. The van der Waals surface area contributed by atoms with Gasteiger partial charge in [0.15, 0.2) is 0 Å². The zero-order chi connectivity index (χ0) is 11.5. The highest BCUT2D eigenvalue weighted by molar-refractivity contribution is 14.1. The summed E-state index contributed by atoms with van der Waals surface area (Å²) >= 11 is 4.11. The summed E-state index contributed by atoms with van der Waals surface area (Å²) in [5.74, 6) is 1.00. The van der Waals surface area contributed by atoms with Crippen LogP contribution in [0.5, 0.6) is 0 Å². The Labute approximate surface area is 112 Å². The smallest absolute Gasteiger partial charge is 0.138 e. The number of nitrogens with zero attached hydrogens (tertiary/aromatic N) is 3. The highest BCUT2D eigenvalue weighted by atomic mass is 127. The molecule has 2 aromatic rings. The monoisotopic (exact) mass is 348 g/mol. The van der Waals surface area contributed by atoms with Gasteiger partial charge in [0.1, 0.15) is 12.2 Å². The van der Waals surface area contributed by atoms with Crippen molar-refractivity contribution in [3.63, 3.8) is 0 Å². The van der Waals surface area contributed by atoms with E-state index in [-0.39, 0.29) is 0 Å². The standard InChI is InChI=1S/C10H13IN4S/c1-12-8(7-3-9(11)16-5-7)4-10-13-6-14-15(10)2/h3,5-6,8,12H,4H2,1-2H3. The maximum atomic E-state index is 4.25. The third-order valence-corrected chi connectivity index (χ3v) is 4.34. The van der Waals surface area contributed by atoms with Crippen LogP contribution in [0.2, 0.25) is 0 Å². The van der Waals surface area contributed by atoms with E-state index in [2.05, 4.69) is 49.4 Å². The summed E-state index contributed by atoms with van der Waals surface area (Å²) in [7, 11) is 3.90. The molecule has 16 heavy (non-hydrogen) atoms. The van der Waals surface area contributed by atoms with E-state index in [0.29, 0.717) is 6.04 Å². The van der Waals surface area contributed by atoms with Crippen LogP contribution in [0, 0.1) is 2.88 Å². The van der Waals surface area contributed by atoms with E-state index in [1.807, 2.05) is 18.8 Å². The lowest BCUT2D eigenvalue weighted by molar-refractivity contribution is 0.554. The quantitative estimate of drug-likeness (QED) is 0.860. The Morgan fingerprint density at radius 3 is 2.94 bits per heavy atom. The highest BCUT2D eigenvalue weighted by Gasteiger charge is 2.14. The van der Waals surface area contributed by atoms with Crippen molar-refractivity contribution in [1.29, 1.82) is 0 Å². The number of thiophene rings is 1. The molecule has 0 amide bonds. The first kappa shape index (κ1) is 12.0. The molecule has 0 saturated carbocycles. The molecule has 1 atom stereocenters. The van der Waals surface area contributed by atoms with Crippen LogP contribution in [0.4, 0.5) is 0 Å². The Kier molecular flexibility index (Phi) is 3.93. The van der Waals surface area contributed by atoms with E-state index < -0.39 is 0 Å². The van der Waals surface area contributed by atoms with Crippen LogP contribution in [0.25, 0.3) is 0 Å². The van der Waals surface area contributed by atoms with E-state index in [0.717, 1.165) is 12.2 Å². The fraction of sp³-hybridized carbons (Fsp3) is 0.400.